The molecule has 2 rings (SSSR count). The van der Waals surface area contributed by atoms with E-state index in [-0.39, 0.29) is 0 Å². The van der Waals surface area contributed by atoms with Crippen molar-refractivity contribution in [3.8, 4) is 10.4 Å². The highest BCUT2D eigenvalue weighted by Crippen LogP contribution is 2.31. The predicted molar refractivity (Wildman–Crippen MR) is 54.8 cm³/mol. The Morgan fingerprint density at radius 3 is 3.00 bits per heavy atom. The lowest BCUT2D eigenvalue weighted by Crippen LogP contribution is -1.91. The summed E-state index contributed by atoms with van der Waals surface area (Å²) >= 11 is 7.30. The Kier molecular flexibility index (Phi) is 2.16. The molecule has 2 N–H and O–H groups in total. The van der Waals surface area contributed by atoms with Crippen molar-refractivity contribution in [3.05, 3.63) is 29.1 Å². The summed E-state index contributed by atoms with van der Waals surface area (Å²) in [5, 5.41) is 0.339. The minimum absolute atomic E-state index is 0.339. The highest BCUT2D eigenvalue weighted by molar-refractivity contribution is 7.13. The zero-order valence-electron chi connectivity index (χ0n) is 6.57. The number of hydrogen-bond donors (Lipinski definition) is 1. The molecule has 0 atom stereocenters. The summed E-state index contributed by atoms with van der Waals surface area (Å²) in [7, 11) is 0. The fraction of sp³-hybridized carbons (Fsp3) is 0. The Labute approximate surface area is 84.2 Å². The van der Waals surface area contributed by atoms with Gasteiger partial charge in [0, 0.05) is 18.0 Å². The van der Waals surface area contributed by atoms with Crippen LogP contribution in [0.1, 0.15) is 0 Å². The van der Waals surface area contributed by atoms with E-state index in [0.717, 1.165) is 10.4 Å². The quantitative estimate of drug-likeness (QED) is 0.738. The number of anilines is 1. The topological polar surface area (TPSA) is 51.8 Å². The molecule has 3 nitrogen and oxygen atoms in total. The molecule has 0 aliphatic carbocycles. The Balaban J connectivity index is 2.59. The molecule has 0 bridgehead atoms. The molecule has 0 saturated heterocycles. The van der Waals surface area contributed by atoms with Crippen molar-refractivity contribution >= 4 is 28.6 Å². The van der Waals surface area contributed by atoms with Crippen molar-refractivity contribution < 1.29 is 0 Å². The lowest BCUT2D eigenvalue weighted by atomic mass is 10.2. The predicted octanol–water partition coefficient (Wildman–Crippen LogP) is 2.44. The maximum absolute atomic E-state index is 5.78. The molecule has 0 spiro atoms. The third-order valence-electron chi connectivity index (χ3n) is 1.64. The van der Waals surface area contributed by atoms with Crippen molar-refractivity contribution in [2.24, 2.45) is 0 Å². The van der Waals surface area contributed by atoms with Crippen LogP contribution in [0.15, 0.2) is 24.0 Å². The second-order valence-electron chi connectivity index (χ2n) is 2.43. The van der Waals surface area contributed by atoms with Gasteiger partial charge >= 0.3 is 0 Å². The van der Waals surface area contributed by atoms with E-state index >= 15 is 0 Å². The summed E-state index contributed by atoms with van der Waals surface area (Å²) in [6.45, 7) is 0. The number of nitrogen functional groups attached to an aromatic ring is 1. The van der Waals surface area contributed by atoms with E-state index in [2.05, 4.69) is 9.97 Å². The molecule has 66 valence electrons. The number of rotatable bonds is 1. The standard InChI is InChI=1S/C8H6ClN3S/c9-8-7(10)5(1-2-12-8)6-3-11-4-13-6/h1-4H,10H2. The van der Waals surface area contributed by atoms with Crippen LogP contribution in [-0.2, 0) is 0 Å². The van der Waals surface area contributed by atoms with Crippen molar-refractivity contribution in [2.45, 2.75) is 0 Å². The summed E-state index contributed by atoms with van der Waals surface area (Å²) in [4.78, 5) is 8.84. The SMILES string of the molecule is Nc1c(-c2cncs2)ccnc1Cl. The van der Waals surface area contributed by atoms with Gasteiger partial charge in [-0.15, -0.1) is 11.3 Å². The number of nitrogens with two attached hydrogens (primary N) is 1. The summed E-state index contributed by atoms with van der Waals surface area (Å²) in [6.07, 6.45) is 3.39. The molecule has 0 amide bonds. The zero-order chi connectivity index (χ0) is 9.26. The van der Waals surface area contributed by atoms with E-state index in [1.165, 1.54) is 11.3 Å². The summed E-state index contributed by atoms with van der Waals surface area (Å²) in [6, 6.07) is 1.83. The Morgan fingerprint density at radius 1 is 1.46 bits per heavy atom. The van der Waals surface area contributed by atoms with Gasteiger partial charge in [0.25, 0.3) is 0 Å². The van der Waals surface area contributed by atoms with Crippen LogP contribution in [0.25, 0.3) is 10.4 Å². The van der Waals surface area contributed by atoms with Crippen molar-refractivity contribution in [2.75, 3.05) is 5.73 Å². The Bertz CT molecular complexity index is 413. The minimum Gasteiger partial charge on any atom is -0.396 e. The Morgan fingerprint density at radius 2 is 2.31 bits per heavy atom. The van der Waals surface area contributed by atoms with E-state index in [0.29, 0.717) is 10.8 Å². The second kappa shape index (κ2) is 3.32. The molecule has 0 aliphatic rings. The van der Waals surface area contributed by atoms with Crippen LogP contribution in [0.5, 0.6) is 0 Å². The second-order valence-corrected chi connectivity index (χ2v) is 3.67. The summed E-state index contributed by atoms with van der Waals surface area (Å²) in [5.74, 6) is 0. The van der Waals surface area contributed by atoms with Crippen molar-refractivity contribution in [1.82, 2.24) is 9.97 Å². The van der Waals surface area contributed by atoms with Crippen molar-refractivity contribution in [3.63, 3.8) is 0 Å². The highest BCUT2D eigenvalue weighted by Gasteiger charge is 2.07. The lowest BCUT2D eigenvalue weighted by Gasteiger charge is -2.02. The van der Waals surface area contributed by atoms with Crippen LogP contribution in [0.2, 0.25) is 5.15 Å². The maximum atomic E-state index is 5.78. The monoisotopic (exact) mass is 211 g/mol. The molecule has 0 aromatic carbocycles. The van der Waals surface area contributed by atoms with E-state index in [9.17, 15) is 0 Å². The fourth-order valence-electron chi connectivity index (χ4n) is 1.01. The first-order valence-corrected chi connectivity index (χ1v) is 4.83. The lowest BCUT2D eigenvalue weighted by molar-refractivity contribution is 1.33. The molecule has 0 fully saturated rings. The molecule has 0 aliphatic heterocycles. The van der Waals surface area contributed by atoms with Crippen LogP contribution in [0.4, 0.5) is 5.69 Å². The zero-order valence-corrected chi connectivity index (χ0v) is 8.14. The van der Waals surface area contributed by atoms with Gasteiger partial charge < -0.3 is 5.73 Å². The van der Waals surface area contributed by atoms with Gasteiger partial charge in [0.05, 0.1) is 16.1 Å². The number of aromatic nitrogens is 2. The van der Waals surface area contributed by atoms with Gasteiger partial charge in [-0.25, -0.2) is 4.98 Å². The van der Waals surface area contributed by atoms with Gasteiger partial charge in [-0.2, -0.15) is 0 Å². The van der Waals surface area contributed by atoms with Crippen LogP contribution < -0.4 is 5.73 Å². The molecule has 2 aromatic heterocycles. The molecular formula is C8H6ClN3S. The average Bonchev–Trinajstić information content (AvgIpc) is 2.62. The molecule has 0 saturated carbocycles. The van der Waals surface area contributed by atoms with Crippen LogP contribution >= 0.6 is 22.9 Å². The number of pyridine rings is 1. The molecule has 0 radical (unpaired) electrons. The van der Waals surface area contributed by atoms with Crippen LogP contribution in [-0.4, -0.2) is 9.97 Å². The van der Waals surface area contributed by atoms with Gasteiger partial charge in [0.1, 0.15) is 0 Å². The van der Waals surface area contributed by atoms with E-state index in [4.69, 9.17) is 17.3 Å². The third-order valence-corrected chi connectivity index (χ3v) is 2.75. The number of hydrogen-bond acceptors (Lipinski definition) is 4. The van der Waals surface area contributed by atoms with Gasteiger partial charge in [0.15, 0.2) is 5.15 Å². The largest absolute Gasteiger partial charge is 0.396 e. The van der Waals surface area contributed by atoms with Gasteiger partial charge in [-0.05, 0) is 6.07 Å². The average molecular weight is 212 g/mol. The van der Waals surface area contributed by atoms with Gasteiger partial charge in [0.2, 0.25) is 0 Å². The van der Waals surface area contributed by atoms with E-state index < -0.39 is 0 Å². The number of halogens is 1. The van der Waals surface area contributed by atoms with Crippen LogP contribution in [0, 0.1) is 0 Å². The van der Waals surface area contributed by atoms with Crippen molar-refractivity contribution in [1.29, 1.82) is 0 Å². The molecule has 2 heterocycles. The first-order valence-electron chi connectivity index (χ1n) is 3.58. The molecule has 0 unspecified atom stereocenters. The highest BCUT2D eigenvalue weighted by atomic mass is 35.5. The number of nitrogens with zero attached hydrogens (tertiary/aromatic N) is 2. The van der Waals surface area contributed by atoms with Gasteiger partial charge in [-0.3, -0.25) is 4.98 Å². The smallest absolute Gasteiger partial charge is 0.152 e. The summed E-state index contributed by atoms with van der Waals surface area (Å²) < 4.78 is 0. The first kappa shape index (κ1) is 8.47. The minimum atomic E-state index is 0.339. The van der Waals surface area contributed by atoms with E-state index in [1.54, 1.807) is 17.9 Å². The van der Waals surface area contributed by atoms with Gasteiger partial charge in [-0.1, -0.05) is 11.6 Å². The molecule has 2 aromatic rings. The normalized spacial score (nSPS) is 10.2. The fourth-order valence-corrected chi connectivity index (χ4v) is 1.83. The molecular weight excluding hydrogens is 206 g/mol. The molecule has 5 heteroatoms. The number of thiazole rings is 1. The molecule has 13 heavy (non-hydrogen) atoms. The Hall–Kier alpha value is -1.13. The van der Waals surface area contributed by atoms with E-state index in [1.807, 2.05) is 6.07 Å². The summed E-state index contributed by atoms with van der Waals surface area (Å²) in [5.41, 5.74) is 8.91. The third kappa shape index (κ3) is 1.50. The van der Waals surface area contributed by atoms with Crippen LogP contribution in [0.3, 0.4) is 0 Å². The first-order chi connectivity index (χ1) is 6.29. The maximum Gasteiger partial charge on any atom is 0.152 e.